The predicted molar refractivity (Wildman–Crippen MR) is 253 cm³/mol. The van der Waals surface area contributed by atoms with E-state index < -0.39 is 0 Å². The zero-order chi connectivity index (χ0) is 39.3. The van der Waals surface area contributed by atoms with Crippen LogP contribution in [0.3, 0.4) is 0 Å². The molecule has 11 aromatic rings. The molecule has 0 radical (unpaired) electrons. The van der Waals surface area contributed by atoms with Crippen molar-refractivity contribution in [2.24, 2.45) is 0 Å². The van der Waals surface area contributed by atoms with Gasteiger partial charge in [0.2, 0.25) is 0 Å². The number of fused-ring (bicyclic) bond motifs is 12. The molecule has 0 saturated carbocycles. The number of rotatable bonds is 4. The van der Waals surface area contributed by atoms with E-state index in [4.69, 9.17) is 0 Å². The number of para-hydroxylation sites is 2. The summed E-state index contributed by atoms with van der Waals surface area (Å²) >= 11 is 0. The zero-order valence-corrected chi connectivity index (χ0v) is 32.9. The van der Waals surface area contributed by atoms with Crippen LogP contribution in [-0.4, -0.2) is 9.13 Å². The molecule has 3 heterocycles. The third kappa shape index (κ3) is 4.88. The summed E-state index contributed by atoms with van der Waals surface area (Å²) in [6, 6.07) is 72.3. The summed E-state index contributed by atoms with van der Waals surface area (Å²) in [7, 11) is 0. The van der Waals surface area contributed by atoms with Gasteiger partial charge in [-0.05, 0) is 118 Å². The van der Waals surface area contributed by atoms with E-state index >= 15 is 0 Å². The highest BCUT2D eigenvalue weighted by molar-refractivity contribution is 6.18. The number of aromatic nitrogens is 2. The quantitative estimate of drug-likeness (QED) is 0.169. The molecule has 1 aliphatic heterocycles. The molecule has 2 heteroatoms. The maximum absolute atomic E-state index is 2.52. The van der Waals surface area contributed by atoms with Crippen LogP contribution in [-0.2, 0) is 6.42 Å². The van der Waals surface area contributed by atoms with Gasteiger partial charge < -0.3 is 9.13 Å². The van der Waals surface area contributed by atoms with Gasteiger partial charge in [-0.1, -0.05) is 152 Å². The first kappa shape index (κ1) is 33.3. The number of aryl methyl sites for hydroxylation is 1. The monoisotopic (exact) mass is 762 g/mol. The lowest BCUT2D eigenvalue weighted by atomic mass is 9.91. The Kier molecular flexibility index (Phi) is 7.17. The van der Waals surface area contributed by atoms with Gasteiger partial charge in [0.25, 0.3) is 0 Å². The van der Waals surface area contributed by atoms with Crippen LogP contribution < -0.4 is 0 Å². The highest BCUT2D eigenvalue weighted by Crippen LogP contribution is 2.48. The van der Waals surface area contributed by atoms with Crippen molar-refractivity contribution in [3.05, 3.63) is 211 Å². The van der Waals surface area contributed by atoms with E-state index in [9.17, 15) is 0 Å². The fourth-order valence-corrected chi connectivity index (χ4v) is 10.3. The smallest absolute Gasteiger partial charge is 0.0619 e. The molecular weight excluding hydrogens is 725 g/mol. The third-order valence-corrected chi connectivity index (χ3v) is 13.1. The first-order valence-corrected chi connectivity index (χ1v) is 21.1. The molecule has 60 heavy (non-hydrogen) atoms. The first-order valence-electron chi connectivity index (χ1n) is 21.1. The Labute approximate surface area is 348 Å². The molecule has 0 spiro atoms. The van der Waals surface area contributed by atoms with Gasteiger partial charge in [-0.3, -0.25) is 0 Å². The second-order valence-electron chi connectivity index (χ2n) is 16.4. The molecule has 0 fully saturated rings. The minimum Gasteiger partial charge on any atom is -0.309 e. The van der Waals surface area contributed by atoms with E-state index in [-0.39, 0.29) is 0 Å². The van der Waals surface area contributed by atoms with E-state index in [1.165, 1.54) is 122 Å². The van der Waals surface area contributed by atoms with Crippen molar-refractivity contribution in [3.63, 3.8) is 0 Å². The highest BCUT2D eigenvalue weighted by Gasteiger charge is 2.25. The molecule has 9 aromatic carbocycles. The van der Waals surface area contributed by atoms with Gasteiger partial charge in [0.15, 0.2) is 0 Å². The van der Waals surface area contributed by atoms with Gasteiger partial charge in [-0.25, -0.2) is 0 Å². The number of allylic oxidation sites excluding steroid dienone is 1. The van der Waals surface area contributed by atoms with Crippen LogP contribution in [0.15, 0.2) is 200 Å². The predicted octanol–water partition coefficient (Wildman–Crippen LogP) is 15.5. The van der Waals surface area contributed by atoms with Crippen molar-refractivity contribution in [1.29, 1.82) is 0 Å². The summed E-state index contributed by atoms with van der Waals surface area (Å²) in [6.07, 6.45) is 6.78. The van der Waals surface area contributed by atoms with Crippen LogP contribution >= 0.6 is 0 Å². The van der Waals surface area contributed by atoms with Crippen LogP contribution in [0.25, 0.3) is 117 Å². The van der Waals surface area contributed by atoms with E-state index in [0.717, 1.165) is 12.8 Å². The molecule has 1 aliphatic carbocycles. The van der Waals surface area contributed by atoms with Gasteiger partial charge in [0.05, 0.1) is 33.4 Å². The molecule has 2 nitrogen and oxygen atoms in total. The standard InChI is InChI=1S/C58H38N2/c1-3-14-37(15-4-1)41-26-30-55-50(33-41)45-21-10-9-20-44(45)47-23-13-24-48-52-35-43(28-31-56(52)60(55)58(47)48)42-27-29-54-51(34-42)46-22-11-12-25-53(46)59(54)57-36-40-19-8-7-18-39(40)32-49(57)38-16-5-2-6-17-38/h1-6,8-17,19-36H,7,18H2. The molecule has 0 N–H and O–H groups in total. The Balaban J connectivity index is 1.02. The Morgan fingerprint density at radius 1 is 0.333 bits per heavy atom. The largest absolute Gasteiger partial charge is 0.309 e. The van der Waals surface area contributed by atoms with Gasteiger partial charge in [0, 0.05) is 38.2 Å². The Morgan fingerprint density at radius 2 is 0.933 bits per heavy atom. The van der Waals surface area contributed by atoms with Crippen molar-refractivity contribution >= 4 is 49.7 Å². The molecule has 0 bridgehead atoms. The molecule has 0 atom stereocenters. The number of nitrogens with zero attached hydrogens (tertiary/aromatic N) is 2. The summed E-state index contributed by atoms with van der Waals surface area (Å²) in [5.41, 5.74) is 22.5. The van der Waals surface area contributed by atoms with Crippen molar-refractivity contribution in [2.45, 2.75) is 12.8 Å². The van der Waals surface area contributed by atoms with Crippen molar-refractivity contribution in [2.75, 3.05) is 0 Å². The molecule has 2 aliphatic rings. The Bertz CT molecular complexity index is 3580. The van der Waals surface area contributed by atoms with Gasteiger partial charge >= 0.3 is 0 Å². The fourth-order valence-electron chi connectivity index (χ4n) is 10.3. The molecule has 0 saturated heterocycles. The number of benzene rings is 9. The van der Waals surface area contributed by atoms with Gasteiger partial charge in [-0.15, -0.1) is 0 Å². The summed E-state index contributed by atoms with van der Waals surface area (Å²) in [5.74, 6) is 0. The van der Waals surface area contributed by atoms with Crippen LogP contribution in [0.2, 0.25) is 0 Å². The Hall–Kier alpha value is -7.68. The van der Waals surface area contributed by atoms with Crippen LogP contribution in [0, 0.1) is 0 Å². The first-order chi connectivity index (χ1) is 29.8. The van der Waals surface area contributed by atoms with Gasteiger partial charge in [0.1, 0.15) is 0 Å². The van der Waals surface area contributed by atoms with Crippen molar-refractivity contribution < 1.29 is 0 Å². The minimum absolute atomic E-state index is 1.07. The molecule has 13 rings (SSSR count). The van der Waals surface area contributed by atoms with E-state index in [1.54, 1.807) is 0 Å². The molecule has 280 valence electrons. The molecule has 0 amide bonds. The summed E-state index contributed by atoms with van der Waals surface area (Å²) < 4.78 is 5.01. The summed E-state index contributed by atoms with van der Waals surface area (Å²) in [4.78, 5) is 0. The maximum atomic E-state index is 2.52. The Morgan fingerprint density at radius 3 is 1.73 bits per heavy atom. The molecule has 0 unspecified atom stereocenters. The fraction of sp³-hybridized carbons (Fsp3) is 0.0345. The topological polar surface area (TPSA) is 9.86 Å². The van der Waals surface area contributed by atoms with E-state index in [1.807, 2.05) is 0 Å². The SMILES string of the molecule is C1=Cc2cc(-n3c4ccccc4c4cc(-c5ccc6c(c5)c5cccc7c5n6-c5ccc(-c6ccccc6)cc5-c5ccccc5-7)ccc43)c(-c3ccccc3)cc2CC1. The summed E-state index contributed by atoms with van der Waals surface area (Å²) in [6.45, 7) is 0. The molecule has 2 aromatic heterocycles. The summed E-state index contributed by atoms with van der Waals surface area (Å²) in [5, 5.41) is 5.05. The van der Waals surface area contributed by atoms with Crippen LogP contribution in [0.5, 0.6) is 0 Å². The molecular formula is C58H38N2. The number of hydrogen-bond acceptors (Lipinski definition) is 0. The normalized spacial score (nSPS) is 12.8. The van der Waals surface area contributed by atoms with E-state index in [0.29, 0.717) is 0 Å². The van der Waals surface area contributed by atoms with Crippen molar-refractivity contribution in [3.8, 4) is 67.0 Å². The average molecular weight is 763 g/mol. The van der Waals surface area contributed by atoms with Crippen LogP contribution in [0.1, 0.15) is 17.5 Å². The second kappa shape index (κ2) is 12.9. The maximum Gasteiger partial charge on any atom is 0.0619 e. The third-order valence-electron chi connectivity index (χ3n) is 13.1. The van der Waals surface area contributed by atoms with Crippen LogP contribution in [0.4, 0.5) is 0 Å². The van der Waals surface area contributed by atoms with E-state index in [2.05, 4.69) is 215 Å². The second-order valence-corrected chi connectivity index (χ2v) is 16.4. The van der Waals surface area contributed by atoms with Gasteiger partial charge in [-0.2, -0.15) is 0 Å². The lowest BCUT2D eigenvalue weighted by Gasteiger charge is -2.19. The number of hydrogen-bond donors (Lipinski definition) is 0. The van der Waals surface area contributed by atoms with Crippen molar-refractivity contribution in [1.82, 2.24) is 9.13 Å². The average Bonchev–Trinajstić information content (AvgIpc) is 3.79. The lowest BCUT2D eigenvalue weighted by molar-refractivity contribution is 0.983. The highest BCUT2D eigenvalue weighted by atomic mass is 15.0. The zero-order valence-electron chi connectivity index (χ0n) is 32.9. The minimum atomic E-state index is 1.07. The lowest BCUT2D eigenvalue weighted by Crippen LogP contribution is -2.02.